The molecule has 0 spiro atoms. The number of hydrogen-bond acceptors (Lipinski definition) is 5. The van der Waals surface area contributed by atoms with E-state index in [1.807, 2.05) is 30.3 Å². The molecule has 0 aliphatic rings. The molecule has 0 aliphatic carbocycles. The lowest BCUT2D eigenvalue weighted by Gasteiger charge is -2.26. The molecule has 194 valence electrons. The highest BCUT2D eigenvalue weighted by atomic mass is 16.2. The highest BCUT2D eigenvalue weighted by Crippen LogP contribution is 2.20. The Hall–Kier alpha value is -4.27. The molecule has 1 heterocycles. The van der Waals surface area contributed by atoms with Crippen LogP contribution in [0.2, 0.25) is 0 Å². The largest absolute Gasteiger partial charge is 0.361 e. The lowest BCUT2D eigenvalue weighted by atomic mass is 9.94. The summed E-state index contributed by atoms with van der Waals surface area (Å²) < 4.78 is 0. The minimum absolute atomic E-state index is 0.00560. The minimum atomic E-state index is -1.05. The Kier molecular flexibility index (Phi) is 8.95. The number of carbonyl (C=O) groups is 4. The van der Waals surface area contributed by atoms with E-state index in [0.717, 1.165) is 16.5 Å². The SMILES string of the molecule is CC(C)(C)C(=O)N[C@@H](Cc1c[nH]c2ccccc12)C(=O)N[C@@H](CCC(=O)C=N)C(=O)Nc1ccccc1. The second kappa shape index (κ2) is 12.1. The zero-order valence-electron chi connectivity index (χ0n) is 21.3. The topological polar surface area (TPSA) is 144 Å². The summed E-state index contributed by atoms with van der Waals surface area (Å²) in [5, 5.41) is 16.4. The van der Waals surface area contributed by atoms with Crippen LogP contribution in [0.5, 0.6) is 0 Å². The molecule has 3 amide bonds. The number of para-hydroxylation sites is 2. The van der Waals surface area contributed by atoms with Crippen LogP contribution in [0.1, 0.15) is 39.2 Å². The van der Waals surface area contributed by atoms with Crippen molar-refractivity contribution in [3.8, 4) is 0 Å². The molecule has 0 unspecified atom stereocenters. The third kappa shape index (κ3) is 7.60. The van der Waals surface area contributed by atoms with Crippen LogP contribution in [-0.2, 0) is 25.6 Å². The van der Waals surface area contributed by atoms with Crippen molar-refractivity contribution in [3.05, 3.63) is 66.4 Å². The second-order valence-electron chi connectivity index (χ2n) is 9.91. The number of anilines is 1. The van der Waals surface area contributed by atoms with Gasteiger partial charge in [0.05, 0.1) is 6.21 Å². The van der Waals surface area contributed by atoms with E-state index in [1.54, 1.807) is 51.2 Å². The summed E-state index contributed by atoms with van der Waals surface area (Å²) in [4.78, 5) is 54.3. The van der Waals surface area contributed by atoms with Crippen LogP contribution in [0.15, 0.2) is 60.8 Å². The molecule has 3 rings (SSSR count). The fourth-order valence-corrected chi connectivity index (χ4v) is 3.76. The standard InChI is InChI=1S/C28H33N5O4/c1-28(2,3)27(37)33-24(15-18-17-30-22-12-8-7-11-21(18)22)26(36)32-23(14-13-20(34)16-29)25(35)31-19-9-5-4-6-10-19/h4-12,16-17,23-24,29-30H,13-15H2,1-3H3,(H,31,35)(H,32,36)(H,33,37)/t23-,24-/m0/s1. The average molecular weight is 504 g/mol. The summed E-state index contributed by atoms with van der Waals surface area (Å²) in [6.45, 7) is 5.26. The third-order valence-corrected chi connectivity index (χ3v) is 5.92. The van der Waals surface area contributed by atoms with E-state index in [4.69, 9.17) is 5.41 Å². The van der Waals surface area contributed by atoms with Crippen molar-refractivity contribution in [2.45, 2.75) is 52.1 Å². The molecule has 0 radical (unpaired) electrons. The first-order valence-electron chi connectivity index (χ1n) is 12.1. The molecule has 2 aromatic carbocycles. The molecule has 2 atom stereocenters. The second-order valence-corrected chi connectivity index (χ2v) is 9.91. The minimum Gasteiger partial charge on any atom is -0.361 e. The van der Waals surface area contributed by atoms with Crippen LogP contribution in [-0.4, -0.2) is 46.8 Å². The molecular weight excluding hydrogens is 470 g/mol. The maximum absolute atomic E-state index is 13.5. The molecule has 0 saturated carbocycles. The van der Waals surface area contributed by atoms with Crippen molar-refractivity contribution >= 4 is 46.3 Å². The van der Waals surface area contributed by atoms with Crippen LogP contribution < -0.4 is 16.0 Å². The van der Waals surface area contributed by atoms with Gasteiger partial charge in [-0.25, -0.2) is 0 Å². The van der Waals surface area contributed by atoms with Gasteiger partial charge in [-0.2, -0.15) is 0 Å². The third-order valence-electron chi connectivity index (χ3n) is 5.92. The Morgan fingerprint density at radius 2 is 1.59 bits per heavy atom. The Morgan fingerprint density at radius 1 is 0.919 bits per heavy atom. The van der Waals surface area contributed by atoms with Gasteiger partial charge in [-0.1, -0.05) is 57.2 Å². The molecule has 0 fully saturated rings. The Balaban J connectivity index is 1.84. The van der Waals surface area contributed by atoms with E-state index in [9.17, 15) is 19.2 Å². The number of nitrogens with one attached hydrogen (secondary N) is 5. The van der Waals surface area contributed by atoms with E-state index in [0.29, 0.717) is 11.9 Å². The number of H-pyrrole nitrogens is 1. The number of rotatable bonds is 11. The average Bonchev–Trinajstić information content (AvgIpc) is 3.28. The molecule has 5 N–H and O–H groups in total. The maximum atomic E-state index is 13.5. The number of Topliss-reactive ketones (excluding diaryl/α,β-unsaturated/α-hetero) is 1. The fraction of sp³-hybridized carbons (Fsp3) is 0.321. The summed E-state index contributed by atoms with van der Waals surface area (Å²) in [5.41, 5.74) is 1.55. The van der Waals surface area contributed by atoms with E-state index in [1.165, 1.54) is 0 Å². The number of fused-ring (bicyclic) bond motifs is 1. The molecule has 3 aromatic rings. The molecule has 1 aromatic heterocycles. The summed E-state index contributed by atoms with van der Waals surface area (Å²) in [6.07, 6.45) is 2.61. The van der Waals surface area contributed by atoms with Crippen LogP contribution in [0.3, 0.4) is 0 Å². The predicted molar refractivity (Wildman–Crippen MR) is 143 cm³/mol. The van der Waals surface area contributed by atoms with Crippen molar-refractivity contribution in [1.29, 1.82) is 5.41 Å². The number of carbonyl (C=O) groups excluding carboxylic acids is 4. The molecule has 0 aliphatic heterocycles. The predicted octanol–water partition coefficient (Wildman–Crippen LogP) is 3.36. The van der Waals surface area contributed by atoms with Gasteiger partial charge in [0, 0.05) is 41.0 Å². The normalized spacial score (nSPS) is 12.8. The first-order chi connectivity index (χ1) is 17.6. The maximum Gasteiger partial charge on any atom is 0.246 e. The van der Waals surface area contributed by atoms with Crippen LogP contribution in [0, 0.1) is 10.8 Å². The van der Waals surface area contributed by atoms with E-state index in [2.05, 4.69) is 20.9 Å². The smallest absolute Gasteiger partial charge is 0.246 e. The molecule has 37 heavy (non-hydrogen) atoms. The lowest BCUT2D eigenvalue weighted by molar-refractivity contribution is -0.134. The van der Waals surface area contributed by atoms with Crippen molar-refractivity contribution < 1.29 is 19.2 Å². The van der Waals surface area contributed by atoms with Crippen molar-refractivity contribution in [2.75, 3.05) is 5.32 Å². The molecule has 9 nitrogen and oxygen atoms in total. The van der Waals surface area contributed by atoms with Gasteiger partial charge < -0.3 is 26.3 Å². The number of amides is 3. The van der Waals surface area contributed by atoms with Gasteiger partial charge in [0.1, 0.15) is 12.1 Å². The van der Waals surface area contributed by atoms with Crippen LogP contribution in [0.25, 0.3) is 10.9 Å². The molecule has 0 bridgehead atoms. The number of ketones is 1. The summed E-state index contributed by atoms with van der Waals surface area (Å²) >= 11 is 0. The fourth-order valence-electron chi connectivity index (χ4n) is 3.76. The van der Waals surface area contributed by atoms with Gasteiger partial charge in [-0.15, -0.1) is 0 Å². The van der Waals surface area contributed by atoms with Gasteiger partial charge in [0.15, 0.2) is 5.78 Å². The number of hydrogen-bond donors (Lipinski definition) is 5. The summed E-state index contributed by atoms with van der Waals surface area (Å²) in [6, 6.07) is 14.4. The first-order valence-corrected chi connectivity index (χ1v) is 12.1. The van der Waals surface area contributed by atoms with Crippen LogP contribution in [0.4, 0.5) is 5.69 Å². The molecular formula is C28H33N5O4. The Bertz CT molecular complexity index is 1280. The number of aromatic nitrogens is 1. The molecule has 0 saturated heterocycles. The van der Waals surface area contributed by atoms with E-state index in [-0.39, 0.29) is 25.2 Å². The van der Waals surface area contributed by atoms with Gasteiger partial charge in [0.25, 0.3) is 0 Å². The van der Waals surface area contributed by atoms with Crippen molar-refractivity contribution in [3.63, 3.8) is 0 Å². The van der Waals surface area contributed by atoms with Gasteiger partial charge in [0.2, 0.25) is 17.7 Å². The number of aromatic amines is 1. The first kappa shape index (κ1) is 27.3. The monoisotopic (exact) mass is 503 g/mol. The molecule has 9 heteroatoms. The zero-order valence-corrected chi connectivity index (χ0v) is 21.3. The van der Waals surface area contributed by atoms with Gasteiger partial charge >= 0.3 is 0 Å². The summed E-state index contributed by atoms with van der Waals surface area (Å²) in [5.74, 6) is -1.80. The Morgan fingerprint density at radius 3 is 2.27 bits per heavy atom. The van der Waals surface area contributed by atoms with Crippen LogP contribution >= 0.6 is 0 Å². The van der Waals surface area contributed by atoms with Gasteiger partial charge in [-0.05, 0) is 30.2 Å². The van der Waals surface area contributed by atoms with E-state index < -0.39 is 35.1 Å². The van der Waals surface area contributed by atoms with Gasteiger partial charge in [-0.3, -0.25) is 19.2 Å². The highest BCUT2D eigenvalue weighted by molar-refractivity contribution is 6.26. The lowest BCUT2D eigenvalue weighted by Crippen LogP contribution is -2.55. The van der Waals surface area contributed by atoms with Crippen molar-refractivity contribution in [1.82, 2.24) is 15.6 Å². The van der Waals surface area contributed by atoms with E-state index >= 15 is 0 Å². The summed E-state index contributed by atoms with van der Waals surface area (Å²) in [7, 11) is 0. The zero-order chi connectivity index (χ0) is 27.0. The quantitative estimate of drug-likeness (QED) is 0.256. The van der Waals surface area contributed by atoms with Crippen molar-refractivity contribution in [2.24, 2.45) is 5.41 Å². The highest BCUT2D eigenvalue weighted by Gasteiger charge is 2.31. The Labute approximate surface area is 215 Å². The number of benzene rings is 2.